The van der Waals surface area contributed by atoms with Crippen LogP contribution in [0.2, 0.25) is 10.3 Å². The van der Waals surface area contributed by atoms with Crippen LogP contribution >= 0.6 is 23.2 Å². The molecule has 2 heterocycles. The minimum absolute atomic E-state index is 0.101. The Morgan fingerprint density at radius 2 is 2.09 bits per heavy atom. The SMILES string of the molecule is COC(=O)C1(C)CN(c2nc(Cl)ncc2Cl)c2ccccc21. The Morgan fingerprint density at radius 1 is 1.36 bits per heavy atom. The van der Waals surface area contributed by atoms with Gasteiger partial charge in [0.15, 0.2) is 5.82 Å². The van der Waals surface area contributed by atoms with E-state index in [0.29, 0.717) is 17.4 Å². The third kappa shape index (κ3) is 2.21. The summed E-state index contributed by atoms with van der Waals surface area (Å²) in [6, 6.07) is 7.60. The van der Waals surface area contributed by atoms with Crippen molar-refractivity contribution in [2.75, 3.05) is 18.6 Å². The molecule has 2 aromatic rings. The van der Waals surface area contributed by atoms with E-state index in [0.717, 1.165) is 11.3 Å². The predicted molar refractivity (Wildman–Crippen MR) is 84.9 cm³/mol. The maximum atomic E-state index is 12.3. The van der Waals surface area contributed by atoms with Crippen LogP contribution in [0.3, 0.4) is 0 Å². The summed E-state index contributed by atoms with van der Waals surface area (Å²) in [5.74, 6) is 0.167. The molecule has 0 amide bonds. The fourth-order valence-electron chi connectivity index (χ4n) is 2.78. The fourth-order valence-corrected chi connectivity index (χ4v) is 3.10. The Bertz CT molecular complexity index is 753. The molecule has 1 aliphatic rings. The lowest BCUT2D eigenvalue weighted by molar-refractivity contribution is -0.146. The number of methoxy groups -OCH3 is 1. The average molecular weight is 338 g/mol. The van der Waals surface area contributed by atoms with Crippen molar-refractivity contribution < 1.29 is 9.53 Å². The van der Waals surface area contributed by atoms with Crippen molar-refractivity contribution in [1.29, 1.82) is 0 Å². The second-order valence-corrected chi connectivity index (χ2v) is 5.98. The highest BCUT2D eigenvalue weighted by atomic mass is 35.5. The van der Waals surface area contributed by atoms with E-state index in [-0.39, 0.29) is 11.3 Å². The van der Waals surface area contributed by atoms with Crippen LogP contribution in [-0.4, -0.2) is 29.6 Å². The van der Waals surface area contributed by atoms with Gasteiger partial charge in [0.05, 0.1) is 13.3 Å². The van der Waals surface area contributed by atoms with Gasteiger partial charge in [-0.25, -0.2) is 4.98 Å². The Morgan fingerprint density at radius 3 is 2.82 bits per heavy atom. The van der Waals surface area contributed by atoms with Gasteiger partial charge in [-0.3, -0.25) is 4.79 Å². The quantitative estimate of drug-likeness (QED) is 0.621. The number of halogens is 2. The van der Waals surface area contributed by atoms with Gasteiger partial charge >= 0.3 is 5.97 Å². The zero-order valence-corrected chi connectivity index (χ0v) is 13.5. The van der Waals surface area contributed by atoms with Crippen LogP contribution in [-0.2, 0) is 14.9 Å². The molecule has 0 spiro atoms. The molecule has 3 rings (SSSR count). The van der Waals surface area contributed by atoms with E-state index in [1.54, 1.807) is 0 Å². The van der Waals surface area contributed by atoms with E-state index < -0.39 is 5.41 Å². The second-order valence-electron chi connectivity index (χ2n) is 5.24. The van der Waals surface area contributed by atoms with Gasteiger partial charge in [-0.1, -0.05) is 29.8 Å². The first kappa shape index (κ1) is 15.1. The van der Waals surface area contributed by atoms with Crippen LogP contribution in [0.5, 0.6) is 0 Å². The third-order valence-corrected chi connectivity index (χ3v) is 4.30. The second kappa shape index (κ2) is 5.41. The molecule has 1 aromatic carbocycles. The van der Waals surface area contributed by atoms with E-state index in [4.69, 9.17) is 27.9 Å². The highest BCUT2D eigenvalue weighted by Gasteiger charge is 2.46. The number of anilines is 2. The molecule has 0 aliphatic carbocycles. The summed E-state index contributed by atoms with van der Waals surface area (Å²) in [6.45, 7) is 2.21. The van der Waals surface area contributed by atoms with Crippen molar-refractivity contribution in [3.05, 3.63) is 46.3 Å². The molecule has 0 saturated carbocycles. The predicted octanol–water partition coefficient (Wildman–Crippen LogP) is 3.37. The summed E-state index contributed by atoms with van der Waals surface area (Å²) >= 11 is 12.1. The molecule has 0 radical (unpaired) electrons. The van der Waals surface area contributed by atoms with Gasteiger partial charge in [-0.05, 0) is 30.2 Å². The highest BCUT2D eigenvalue weighted by molar-refractivity contribution is 6.33. The first-order valence-electron chi connectivity index (χ1n) is 6.61. The number of nitrogens with zero attached hydrogens (tertiary/aromatic N) is 3. The number of carbonyl (C=O) groups excluding carboxylic acids is 1. The Balaban J connectivity index is 2.16. The van der Waals surface area contributed by atoms with Gasteiger partial charge in [-0.15, -0.1) is 0 Å². The van der Waals surface area contributed by atoms with Crippen molar-refractivity contribution in [3.8, 4) is 0 Å². The molecule has 7 heteroatoms. The van der Waals surface area contributed by atoms with Gasteiger partial charge in [0.25, 0.3) is 0 Å². The topological polar surface area (TPSA) is 55.3 Å². The minimum atomic E-state index is -0.800. The molecule has 0 N–H and O–H groups in total. The number of hydrogen-bond donors (Lipinski definition) is 0. The van der Waals surface area contributed by atoms with Crippen LogP contribution in [0.15, 0.2) is 30.5 Å². The average Bonchev–Trinajstić information content (AvgIpc) is 2.84. The standard InChI is InChI=1S/C15H13Cl2N3O2/c1-15(13(21)22-2)8-20(11-6-4-3-5-9(11)15)12-10(16)7-18-14(17)19-12/h3-7H,8H2,1-2H3. The lowest BCUT2D eigenvalue weighted by atomic mass is 9.85. The summed E-state index contributed by atoms with van der Waals surface area (Å²) in [7, 11) is 1.38. The maximum absolute atomic E-state index is 12.3. The number of esters is 1. The lowest BCUT2D eigenvalue weighted by Crippen LogP contribution is -2.37. The Kier molecular flexibility index (Phi) is 3.70. The van der Waals surface area contributed by atoms with E-state index >= 15 is 0 Å². The molecule has 0 bridgehead atoms. The molecular weight excluding hydrogens is 325 g/mol. The van der Waals surface area contributed by atoms with Gasteiger partial charge in [0, 0.05) is 12.2 Å². The number of para-hydroxylation sites is 1. The molecule has 1 atom stereocenters. The minimum Gasteiger partial charge on any atom is -0.468 e. The summed E-state index contributed by atoms with van der Waals surface area (Å²) in [4.78, 5) is 22.2. The number of hydrogen-bond acceptors (Lipinski definition) is 5. The van der Waals surface area contributed by atoms with Crippen molar-refractivity contribution in [2.45, 2.75) is 12.3 Å². The molecule has 22 heavy (non-hydrogen) atoms. The molecular formula is C15H13Cl2N3O2. The van der Waals surface area contributed by atoms with Crippen LogP contribution in [0, 0.1) is 0 Å². The van der Waals surface area contributed by atoms with E-state index in [9.17, 15) is 4.79 Å². The van der Waals surface area contributed by atoms with Crippen LogP contribution in [0.1, 0.15) is 12.5 Å². The highest BCUT2D eigenvalue weighted by Crippen LogP contribution is 2.45. The van der Waals surface area contributed by atoms with Gasteiger partial charge in [-0.2, -0.15) is 4.98 Å². The Hall–Kier alpha value is -1.85. The van der Waals surface area contributed by atoms with Gasteiger partial charge in [0.2, 0.25) is 5.28 Å². The molecule has 0 saturated heterocycles. The lowest BCUT2D eigenvalue weighted by Gasteiger charge is -2.23. The fraction of sp³-hybridized carbons (Fsp3) is 0.267. The van der Waals surface area contributed by atoms with E-state index in [1.807, 2.05) is 36.1 Å². The zero-order chi connectivity index (χ0) is 15.9. The maximum Gasteiger partial charge on any atom is 0.317 e. The zero-order valence-electron chi connectivity index (χ0n) is 12.0. The molecule has 114 valence electrons. The molecule has 5 nitrogen and oxygen atoms in total. The van der Waals surface area contributed by atoms with Crippen LogP contribution in [0.4, 0.5) is 11.5 Å². The number of benzene rings is 1. The van der Waals surface area contributed by atoms with Crippen LogP contribution in [0.25, 0.3) is 0 Å². The monoisotopic (exact) mass is 337 g/mol. The summed E-state index contributed by atoms with van der Waals surface area (Å²) in [5, 5.41) is 0.469. The smallest absolute Gasteiger partial charge is 0.317 e. The van der Waals surface area contributed by atoms with Crippen molar-refractivity contribution in [3.63, 3.8) is 0 Å². The van der Waals surface area contributed by atoms with E-state index in [1.165, 1.54) is 13.3 Å². The van der Waals surface area contributed by atoms with Crippen molar-refractivity contribution in [2.24, 2.45) is 0 Å². The van der Waals surface area contributed by atoms with E-state index in [2.05, 4.69) is 9.97 Å². The van der Waals surface area contributed by atoms with Gasteiger partial charge < -0.3 is 9.64 Å². The number of carbonyl (C=O) groups is 1. The van der Waals surface area contributed by atoms with Crippen LogP contribution < -0.4 is 4.90 Å². The van der Waals surface area contributed by atoms with Gasteiger partial charge in [0.1, 0.15) is 10.4 Å². The Labute approximate surface area is 137 Å². The molecule has 1 unspecified atom stereocenters. The summed E-state index contributed by atoms with van der Waals surface area (Å²) < 4.78 is 4.97. The van der Waals surface area contributed by atoms with Crippen molar-refractivity contribution >= 4 is 40.7 Å². The molecule has 1 aliphatic heterocycles. The first-order chi connectivity index (χ1) is 10.5. The summed E-state index contributed by atoms with van der Waals surface area (Å²) in [6.07, 6.45) is 1.45. The third-order valence-electron chi connectivity index (χ3n) is 3.85. The first-order valence-corrected chi connectivity index (χ1v) is 7.36. The largest absolute Gasteiger partial charge is 0.468 e. The number of fused-ring (bicyclic) bond motifs is 1. The number of ether oxygens (including phenoxy) is 1. The summed E-state index contributed by atoms with van der Waals surface area (Å²) in [5.41, 5.74) is 0.922. The number of rotatable bonds is 2. The molecule has 0 fully saturated rings. The normalized spacial score (nSPS) is 19.9. The van der Waals surface area contributed by atoms with Crippen molar-refractivity contribution in [1.82, 2.24) is 9.97 Å². The molecule has 1 aromatic heterocycles. The number of aromatic nitrogens is 2.